The first kappa shape index (κ1) is 25.2. The van der Waals surface area contributed by atoms with Crippen LogP contribution in [0.2, 0.25) is 0 Å². The van der Waals surface area contributed by atoms with Gasteiger partial charge < -0.3 is 36.2 Å². The van der Waals surface area contributed by atoms with Crippen molar-refractivity contribution < 1.29 is 93.9 Å². The first-order valence-corrected chi connectivity index (χ1v) is 3.13. The van der Waals surface area contributed by atoms with E-state index in [0.717, 1.165) is 0 Å². The van der Waals surface area contributed by atoms with Gasteiger partial charge in [-0.3, -0.25) is 4.79 Å². The number of carbonyl (C=O) groups excluding carboxylic acids is 2. The maximum absolute atomic E-state index is 10.2. The minimum absolute atomic E-state index is 0. The molecule has 0 aliphatic rings. The number of carboxylic acid groups (broad SMARTS) is 3. The summed E-state index contributed by atoms with van der Waals surface area (Å²) in [6.07, 6.45) is -2.56. The van der Waals surface area contributed by atoms with E-state index >= 15 is 0 Å². The van der Waals surface area contributed by atoms with E-state index in [9.17, 15) is 24.6 Å². The van der Waals surface area contributed by atoms with Crippen LogP contribution in [-0.2, 0) is 14.4 Å². The summed E-state index contributed by atoms with van der Waals surface area (Å²) in [5.74, 6) is -5.67. The normalized spacial score (nSPS) is 11.8. The van der Waals surface area contributed by atoms with E-state index < -0.39 is 36.4 Å². The first-order valence-electron chi connectivity index (χ1n) is 3.13. The molecule has 0 aliphatic carbocycles. The van der Waals surface area contributed by atoms with E-state index in [-0.39, 0.29) is 65.3 Å². The van der Waals surface area contributed by atoms with Crippen LogP contribution < -0.4 is 75.5 Å². The number of hydrogen-bond donors (Lipinski definition) is 3. The molecule has 0 spiro atoms. The molecule has 0 radical (unpaired) electrons. The van der Waals surface area contributed by atoms with E-state index in [1.165, 1.54) is 0 Å². The summed E-state index contributed by atoms with van der Waals surface area (Å²) >= 11 is 0. The van der Waals surface area contributed by atoms with Gasteiger partial charge in [0.2, 0.25) is 0 Å². The predicted octanol–water partition coefficient (Wildman–Crippen LogP) is -9.75. The SMILES string of the molecule is N.O=C([O-])CC(O)(CC(=O)O)C(=O)[O-].[Na+].[Na+]. The Morgan fingerprint density at radius 3 is 1.62 bits per heavy atom. The number of carboxylic acids is 3. The molecule has 0 heterocycles. The van der Waals surface area contributed by atoms with Crippen molar-refractivity contribution in [2.24, 2.45) is 0 Å². The zero-order valence-electron chi connectivity index (χ0n) is 9.06. The van der Waals surface area contributed by atoms with E-state index in [2.05, 4.69) is 0 Å². The third-order valence-corrected chi connectivity index (χ3v) is 1.26. The van der Waals surface area contributed by atoms with Gasteiger partial charge in [0.05, 0.1) is 12.4 Å². The topological polar surface area (TPSA) is 173 Å². The molecule has 1 atom stereocenters. The Labute approximate surface area is 135 Å². The fraction of sp³-hybridized carbons (Fsp3) is 0.500. The van der Waals surface area contributed by atoms with Crippen molar-refractivity contribution in [2.45, 2.75) is 18.4 Å². The maximum Gasteiger partial charge on any atom is 1.00 e. The molecular weight excluding hydrogens is 244 g/mol. The number of aliphatic carboxylic acids is 3. The van der Waals surface area contributed by atoms with Gasteiger partial charge in [0.25, 0.3) is 0 Å². The summed E-state index contributed by atoms with van der Waals surface area (Å²) in [5.41, 5.74) is -2.91. The largest absolute Gasteiger partial charge is 1.00 e. The van der Waals surface area contributed by atoms with Crippen LogP contribution in [0.4, 0.5) is 0 Å². The van der Waals surface area contributed by atoms with Gasteiger partial charge in [-0.1, -0.05) is 0 Å². The molecule has 0 aromatic rings. The molecular formula is C6H9NNa2O7. The smallest absolute Gasteiger partial charge is 0.550 e. The van der Waals surface area contributed by atoms with Gasteiger partial charge in [-0.05, 0) is 0 Å². The number of hydrogen-bond acceptors (Lipinski definition) is 7. The molecule has 0 fully saturated rings. The first-order chi connectivity index (χ1) is 5.78. The van der Waals surface area contributed by atoms with Crippen molar-refractivity contribution in [1.29, 1.82) is 0 Å². The quantitative estimate of drug-likeness (QED) is 0.405. The van der Waals surface area contributed by atoms with Crippen LogP contribution in [-0.4, -0.2) is 33.7 Å². The van der Waals surface area contributed by atoms with Gasteiger partial charge in [0, 0.05) is 12.4 Å². The van der Waals surface area contributed by atoms with Crippen LogP contribution in [0, 0.1) is 0 Å². The Balaban J connectivity index is -0.000000240. The summed E-state index contributed by atoms with van der Waals surface area (Å²) in [6.45, 7) is 0. The standard InChI is InChI=1S/C6H8O7.H3N.2Na/c7-3(8)1-6(13,5(11)12)2-4(9)10;;;/h13H,1-2H2,(H,7,8)(H,9,10)(H,11,12);1H3;;/q;;2*+1/p-2. The molecule has 1 unspecified atom stereocenters. The Morgan fingerprint density at radius 2 is 1.44 bits per heavy atom. The third-order valence-electron chi connectivity index (χ3n) is 1.26. The fourth-order valence-electron chi connectivity index (χ4n) is 0.696. The summed E-state index contributed by atoms with van der Waals surface area (Å²) in [5, 5.41) is 37.2. The Kier molecular flexibility index (Phi) is 16.5. The van der Waals surface area contributed by atoms with Crippen molar-refractivity contribution >= 4 is 17.9 Å². The Morgan fingerprint density at radius 1 is 1.06 bits per heavy atom. The van der Waals surface area contributed by atoms with Crippen molar-refractivity contribution in [2.75, 3.05) is 0 Å². The summed E-state index contributed by atoms with van der Waals surface area (Å²) < 4.78 is 0. The van der Waals surface area contributed by atoms with Gasteiger partial charge in [-0.2, -0.15) is 0 Å². The molecule has 0 aromatic heterocycles. The minimum Gasteiger partial charge on any atom is -0.550 e. The number of rotatable bonds is 5. The molecule has 0 amide bonds. The molecule has 82 valence electrons. The average molecular weight is 253 g/mol. The average Bonchev–Trinajstić information content (AvgIpc) is 1.82. The van der Waals surface area contributed by atoms with Gasteiger partial charge in [0.1, 0.15) is 5.60 Å². The van der Waals surface area contributed by atoms with Crippen molar-refractivity contribution in [1.82, 2.24) is 6.15 Å². The molecule has 8 nitrogen and oxygen atoms in total. The number of carbonyl (C=O) groups is 3. The maximum atomic E-state index is 10.2. The van der Waals surface area contributed by atoms with Gasteiger partial charge >= 0.3 is 65.1 Å². The minimum atomic E-state index is -2.91. The fourth-order valence-corrected chi connectivity index (χ4v) is 0.696. The Hall–Kier alpha value is 0.330. The van der Waals surface area contributed by atoms with E-state index in [1.54, 1.807) is 0 Å². The third kappa shape index (κ3) is 9.55. The number of aliphatic hydroxyl groups is 1. The van der Waals surface area contributed by atoms with Crippen molar-refractivity contribution in [3.05, 3.63) is 0 Å². The van der Waals surface area contributed by atoms with Gasteiger partial charge in [0.15, 0.2) is 0 Å². The van der Waals surface area contributed by atoms with E-state index in [0.29, 0.717) is 0 Å². The van der Waals surface area contributed by atoms with Crippen molar-refractivity contribution in [3.63, 3.8) is 0 Å². The zero-order chi connectivity index (χ0) is 10.6. The molecule has 0 saturated heterocycles. The molecule has 10 heteroatoms. The summed E-state index contributed by atoms with van der Waals surface area (Å²) in [7, 11) is 0. The molecule has 5 N–H and O–H groups in total. The van der Waals surface area contributed by atoms with E-state index in [4.69, 9.17) is 10.2 Å². The molecule has 0 bridgehead atoms. The summed E-state index contributed by atoms with van der Waals surface area (Å²) in [6, 6.07) is 0. The molecule has 0 rings (SSSR count). The second-order valence-electron chi connectivity index (χ2n) is 2.44. The zero-order valence-corrected chi connectivity index (χ0v) is 13.1. The van der Waals surface area contributed by atoms with Crippen LogP contribution in [0.15, 0.2) is 0 Å². The van der Waals surface area contributed by atoms with Crippen LogP contribution in [0.25, 0.3) is 0 Å². The Bertz CT molecular complexity index is 241. The van der Waals surface area contributed by atoms with Crippen LogP contribution in [0.5, 0.6) is 0 Å². The van der Waals surface area contributed by atoms with Gasteiger partial charge in [-0.25, -0.2) is 0 Å². The molecule has 16 heavy (non-hydrogen) atoms. The predicted molar refractivity (Wildman–Crippen MR) is 36.9 cm³/mol. The second kappa shape index (κ2) is 10.5. The molecule has 0 aliphatic heterocycles. The van der Waals surface area contributed by atoms with Crippen LogP contribution >= 0.6 is 0 Å². The molecule has 0 saturated carbocycles. The van der Waals surface area contributed by atoms with Crippen LogP contribution in [0.3, 0.4) is 0 Å². The van der Waals surface area contributed by atoms with E-state index in [1.807, 2.05) is 0 Å². The van der Waals surface area contributed by atoms with Crippen molar-refractivity contribution in [3.8, 4) is 0 Å². The molecule has 0 aromatic carbocycles. The van der Waals surface area contributed by atoms with Gasteiger partial charge in [-0.15, -0.1) is 0 Å². The summed E-state index contributed by atoms with van der Waals surface area (Å²) in [4.78, 5) is 30.2. The van der Waals surface area contributed by atoms with Crippen LogP contribution in [0.1, 0.15) is 12.8 Å². The monoisotopic (exact) mass is 253 g/mol. The second-order valence-corrected chi connectivity index (χ2v) is 2.44.